The number of rotatable bonds is 3. The highest BCUT2D eigenvalue weighted by molar-refractivity contribution is 9.10. The topological polar surface area (TPSA) is 55.5 Å². The molecule has 3 nitrogen and oxygen atoms in total. The molecule has 1 aromatic carbocycles. The average molecular weight is 281 g/mol. The Morgan fingerprint density at radius 2 is 2.29 bits per heavy atom. The molecule has 0 fully saturated rings. The predicted molar refractivity (Wildman–Crippen MR) is 59.7 cm³/mol. The van der Waals surface area contributed by atoms with Crippen molar-refractivity contribution in [2.45, 2.75) is 6.04 Å². The van der Waals surface area contributed by atoms with E-state index in [1.54, 1.807) is 19.2 Å². The lowest BCUT2D eigenvalue weighted by Crippen LogP contribution is -2.15. The van der Waals surface area contributed by atoms with Gasteiger partial charge < -0.3 is 15.6 Å². The van der Waals surface area contributed by atoms with Crippen molar-refractivity contribution < 1.29 is 9.84 Å². The maximum Gasteiger partial charge on any atom is 0.134 e. The van der Waals surface area contributed by atoms with Crippen molar-refractivity contribution in [2.24, 2.45) is 5.73 Å². The maximum absolute atomic E-state index is 8.90. The molecule has 1 atom stereocenters. The first kappa shape index (κ1) is 11.8. The van der Waals surface area contributed by atoms with Crippen LogP contribution in [0.4, 0.5) is 0 Å². The van der Waals surface area contributed by atoms with Crippen LogP contribution in [0, 0.1) is 0 Å². The number of ether oxygens (including phenoxy) is 1. The highest BCUT2D eigenvalue weighted by Crippen LogP contribution is 2.33. The van der Waals surface area contributed by atoms with Gasteiger partial charge in [-0.2, -0.15) is 0 Å². The third-order valence-corrected chi connectivity index (χ3v) is 2.81. The number of aliphatic hydroxyl groups excluding tert-OH is 1. The maximum atomic E-state index is 8.90. The minimum atomic E-state index is -0.468. The Hall–Kier alpha value is -0.290. The standard InChI is InChI=1S/C9H11BrClNO2/c1-14-9-3-7(11)5(2-6(9)10)8(12)4-13/h2-3,8,13H,4,12H2,1H3. The summed E-state index contributed by atoms with van der Waals surface area (Å²) in [6, 6.07) is 2.95. The molecule has 1 rings (SSSR count). The zero-order valence-corrected chi connectivity index (χ0v) is 9.97. The van der Waals surface area contributed by atoms with Gasteiger partial charge in [0.15, 0.2) is 0 Å². The molecule has 0 radical (unpaired) electrons. The molecule has 5 heteroatoms. The lowest BCUT2D eigenvalue weighted by atomic mass is 10.1. The second-order valence-electron chi connectivity index (χ2n) is 2.80. The normalized spacial score (nSPS) is 12.6. The molecular weight excluding hydrogens is 269 g/mol. The van der Waals surface area contributed by atoms with E-state index in [4.69, 9.17) is 27.2 Å². The molecule has 0 aliphatic carbocycles. The van der Waals surface area contributed by atoms with Gasteiger partial charge in [0.05, 0.1) is 24.2 Å². The molecule has 78 valence electrons. The summed E-state index contributed by atoms with van der Waals surface area (Å²) in [6.45, 7) is -0.140. The molecule has 0 aliphatic heterocycles. The number of nitrogens with two attached hydrogens (primary N) is 1. The van der Waals surface area contributed by atoms with E-state index in [1.807, 2.05) is 0 Å². The Bertz CT molecular complexity index is 333. The fourth-order valence-corrected chi connectivity index (χ4v) is 1.90. The zero-order valence-electron chi connectivity index (χ0n) is 7.63. The highest BCUT2D eigenvalue weighted by Gasteiger charge is 2.12. The third kappa shape index (κ3) is 2.39. The van der Waals surface area contributed by atoms with Crippen LogP contribution in [0.15, 0.2) is 16.6 Å². The smallest absolute Gasteiger partial charge is 0.134 e. The van der Waals surface area contributed by atoms with E-state index in [2.05, 4.69) is 15.9 Å². The quantitative estimate of drug-likeness (QED) is 0.891. The molecule has 0 saturated carbocycles. The van der Waals surface area contributed by atoms with E-state index < -0.39 is 6.04 Å². The molecule has 1 unspecified atom stereocenters. The summed E-state index contributed by atoms with van der Waals surface area (Å²) in [4.78, 5) is 0. The average Bonchev–Trinajstić information content (AvgIpc) is 2.19. The van der Waals surface area contributed by atoms with Crippen LogP contribution in [0.25, 0.3) is 0 Å². The van der Waals surface area contributed by atoms with Gasteiger partial charge in [0.1, 0.15) is 5.75 Å². The van der Waals surface area contributed by atoms with Gasteiger partial charge in [-0.25, -0.2) is 0 Å². The van der Waals surface area contributed by atoms with Crippen LogP contribution in [0.2, 0.25) is 5.02 Å². The fraction of sp³-hybridized carbons (Fsp3) is 0.333. The van der Waals surface area contributed by atoms with Crippen LogP contribution in [0.1, 0.15) is 11.6 Å². The molecule has 0 heterocycles. The van der Waals surface area contributed by atoms with Gasteiger partial charge >= 0.3 is 0 Å². The number of hydrogen-bond donors (Lipinski definition) is 2. The molecular formula is C9H11BrClNO2. The van der Waals surface area contributed by atoms with Crippen molar-refractivity contribution in [1.82, 2.24) is 0 Å². The van der Waals surface area contributed by atoms with Crippen LogP contribution in [-0.2, 0) is 0 Å². The summed E-state index contributed by atoms with van der Waals surface area (Å²) < 4.78 is 5.83. The van der Waals surface area contributed by atoms with Crippen LogP contribution >= 0.6 is 27.5 Å². The predicted octanol–water partition coefficient (Wildman–Crippen LogP) is 2.10. The Morgan fingerprint density at radius 1 is 1.64 bits per heavy atom. The summed E-state index contributed by atoms with van der Waals surface area (Å²) in [7, 11) is 1.56. The van der Waals surface area contributed by atoms with E-state index in [0.29, 0.717) is 16.3 Å². The minimum Gasteiger partial charge on any atom is -0.496 e. The van der Waals surface area contributed by atoms with Crippen LogP contribution in [0.3, 0.4) is 0 Å². The van der Waals surface area contributed by atoms with Crippen molar-refractivity contribution in [3.8, 4) is 5.75 Å². The summed E-state index contributed by atoms with van der Waals surface area (Å²) in [6.07, 6.45) is 0. The van der Waals surface area contributed by atoms with Gasteiger partial charge in [-0.3, -0.25) is 0 Å². The molecule has 1 aromatic rings. The van der Waals surface area contributed by atoms with Crippen LogP contribution in [0.5, 0.6) is 5.75 Å². The number of aliphatic hydroxyl groups is 1. The van der Waals surface area contributed by atoms with Crippen molar-refractivity contribution in [2.75, 3.05) is 13.7 Å². The monoisotopic (exact) mass is 279 g/mol. The van der Waals surface area contributed by atoms with Crippen LogP contribution in [-0.4, -0.2) is 18.8 Å². The molecule has 14 heavy (non-hydrogen) atoms. The lowest BCUT2D eigenvalue weighted by Gasteiger charge is -2.13. The molecule has 0 bridgehead atoms. The Morgan fingerprint density at radius 3 is 2.79 bits per heavy atom. The van der Waals surface area contributed by atoms with E-state index in [1.165, 1.54) is 0 Å². The highest BCUT2D eigenvalue weighted by atomic mass is 79.9. The molecule has 0 aliphatic rings. The zero-order chi connectivity index (χ0) is 10.7. The number of benzene rings is 1. The first-order valence-corrected chi connectivity index (χ1v) is 5.16. The van der Waals surface area contributed by atoms with Crippen molar-refractivity contribution >= 4 is 27.5 Å². The largest absolute Gasteiger partial charge is 0.496 e. The van der Waals surface area contributed by atoms with Crippen molar-refractivity contribution in [3.05, 3.63) is 27.2 Å². The molecule has 0 spiro atoms. The Kier molecular flexibility index (Phi) is 4.19. The summed E-state index contributed by atoms with van der Waals surface area (Å²) >= 11 is 9.28. The first-order valence-electron chi connectivity index (χ1n) is 3.99. The van der Waals surface area contributed by atoms with Gasteiger partial charge in [-0.05, 0) is 27.6 Å². The van der Waals surface area contributed by atoms with Gasteiger partial charge in [-0.15, -0.1) is 0 Å². The second-order valence-corrected chi connectivity index (χ2v) is 4.06. The van der Waals surface area contributed by atoms with E-state index in [9.17, 15) is 0 Å². The van der Waals surface area contributed by atoms with Crippen molar-refractivity contribution in [3.63, 3.8) is 0 Å². The van der Waals surface area contributed by atoms with Crippen molar-refractivity contribution in [1.29, 1.82) is 0 Å². The number of halogens is 2. The van der Waals surface area contributed by atoms with E-state index in [0.717, 1.165) is 4.47 Å². The van der Waals surface area contributed by atoms with Gasteiger partial charge in [-0.1, -0.05) is 11.6 Å². The van der Waals surface area contributed by atoms with Gasteiger partial charge in [0, 0.05) is 11.1 Å². The Balaban J connectivity index is 3.14. The van der Waals surface area contributed by atoms with E-state index >= 15 is 0 Å². The molecule has 0 saturated heterocycles. The van der Waals surface area contributed by atoms with E-state index in [-0.39, 0.29) is 6.61 Å². The third-order valence-electron chi connectivity index (χ3n) is 1.87. The summed E-state index contributed by atoms with van der Waals surface area (Å²) in [5.41, 5.74) is 6.36. The molecule has 0 aromatic heterocycles. The molecule has 0 amide bonds. The Labute approximate surface area is 95.9 Å². The summed E-state index contributed by atoms with van der Waals surface area (Å²) in [5, 5.41) is 9.39. The second kappa shape index (κ2) is 4.98. The SMILES string of the molecule is COc1cc(Cl)c(C(N)CO)cc1Br. The number of methoxy groups -OCH3 is 1. The number of hydrogen-bond acceptors (Lipinski definition) is 3. The minimum absolute atomic E-state index is 0.140. The van der Waals surface area contributed by atoms with Crippen LogP contribution < -0.4 is 10.5 Å². The molecule has 3 N–H and O–H groups in total. The van der Waals surface area contributed by atoms with Gasteiger partial charge in [0.2, 0.25) is 0 Å². The fourth-order valence-electron chi connectivity index (χ4n) is 1.08. The first-order chi connectivity index (χ1) is 6.60. The van der Waals surface area contributed by atoms with Gasteiger partial charge in [0.25, 0.3) is 0 Å². The summed E-state index contributed by atoms with van der Waals surface area (Å²) in [5.74, 6) is 0.642. The lowest BCUT2D eigenvalue weighted by molar-refractivity contribution is 0.268.